The molecule has 2 atom stereocenters. The molecule has 0 N–H and O–H groups in total. The minimum Gasteiger partial charge on any atom is -0.309 e. The van der Waals surface area contributed by atoms with Gasteiger partial charge < -0.3 is 4.57 Å². The van der Waals surface area contributed by atoms with Crippen molar-refractivity contribution in [3.05, 3.63) is 258 Å². The number of hydrogen-bond acceptors (Lipinski definition) is 0. The maximum atomic E-state index is 9.41. The molecule has 1 nitrogen and oxygen atoms in total. The summed E-state index contributed by atoms with van der Waals surface area (Å²) in [7, 11) is -3.46. The number of aromatic nitrogens is 1. The van der Waals surface area contributed by atoms with Gasteiger partial charge >= 0.3 is 0 Å². The van der Waals surface area contributed by atoms with Crippen LogP contribution in [0.15, 0.2) is 224 Å². The zero-order valence-corrected chi connectivity index (χ0v) is 32.3. The van der Waals surface area contributed by atoms with Gasteiger partial charge in [-0.05, 0) is 83.4 Å². The molecule has 0 fully saturated rings. The van der Waals surface area contributed by atoms with Crippen LogP contribution in [0.3, 0.4) is 0 Å². The van der Waals surface area contributed by atoms with E-state index >= 15 is 0 Å². The monoisotopic (exact) mass is 762 g/mol. The van der Waals surface area contributed by atoms with Gasteiger partial charge in [-0.1, -0.05) is 206 Å². The molecule has 2 heteroatoms. The molecule has 0 aliphatic heterocycles. The van der Waals surface area contributed by atoms with Crippen molar-refractivity contribution in [2.45, 2.75) is 11.8 Å². The average molecular weight is 763 g/mol. The minimum absolute atomic E-state index is 0.0670. The Morgan fingerprint density at radius 3 is 1.76 bits per heavy atom. The molecule has 0 amide bonds. The molecule has 9 aromatic carbocycles. The summed E-state index contributed by atoms with van der Waals surface area (Å²) in [5.74, 6) is -0.474. The molecule has 3 aliphatic rings. The fourth-order valence-corrected chi connectivity index (χ4v) is 15.4. The third-order valence-electron chi connectivity index (χ3n) is 12.5. The maximum Gasteiger partial charge on any atom is 0.179 e. The third kappa shape index (κ3) is 4.64. The van der Waals surface area contributed by atoms with Crippen LogP contribution in [-0.4, -0.2) is 12.6 Å². The summed E-state index contributed by atoms with van der Waals surface area (Å²) in [6, 6.07) is 56.4. The average Bonchev–Trinajstić information content (AvgIpc) is 3.72. The van der Waals surface area contributed by atoms with Gasteiger partial charge in [0.1, 0.15) is 0 Å². The lowest BCUT2D eigenvalue weighted by atomic mass is 9.60. The highest BCUT2D eigenvalue weighted by atomic mass is 28.3. The van der Waals surface area contributed by atoms with E-state index < -0.39 is 14.1 Å². The van der Waals surface area contributed by atoms with Gasteiger partial charge in [0.15, 0.2) is 8.07 Å². The van der Waals surface area contributed by atoms with E-state index in [0.29, 0.717) is 16.5 Å². The number of nitrogens with zero attached hydrogens (tertiary/aromatic N) is 1. The Balaban J connectivity index is 1.21. The van der Waals surface area contributed by atoms with E-state index in [1.54, 1.807) is 0 Å². The van der Waals surface area contributed by atoms with E-state index in [1.807, 2.05) is 48.5 Å². The molecule has 2 bridgehead atoms. The van der Waals surface area contributed by atoms with E-state index in [2.05, 4.69) is 126 Å². The van der Waals surface area contributed by atoms with Crippen molar-refractivity contribution < 1.29 is 12.3 Å². The van der Waals surface area contributed by atoms with Gasteiger partial charge in [0, 0.05) is 22.6 Å². The summed E-state index contributed by atoms with van der Waals surface area (Å²) in [6.45, 7) is 0. The fourth-order valence-electron chi connectivity index (χ4n) is 10.4. The lowest BCUT2D eigenvalue weighted by molar-refractivity contribution is 0.752. The number of hydrogen-bond donors (Lipinski definition) is 0. The summed E-state index contributed by atoms with van der Waals surface area (Å²) in [5, 5.41) is 5.63. The second kappa shape index (κ2) is 13.0. The normalized spacial score (nSPS) is 17.4. The van der Waals surface area contributed by atoms with Crippen LogP contribution in [0.1, 0.15) is 57.6 Å². The molecule has 1 heterocycles. The number of fused-ring (bicyclic) bond motifs is 3. The van der Waals surface area contributed by atoms with E-state index in [0.717, 1.165) is 48.5 Å². The lowest BCUT2D eigenvalue weighted by Gasteiger charge is -2.47. The predicted molar refractivity (Wildman–Crippen MR) is 245 cm³/mol. The Labute approximate surface area is 352 Å². The lowest BCUT2D eigenvalue weighted by Crippen LogP contribution is -2.75. The van der Waals surface area contributed by atoms with Crippen LogP contribution in [0.4, 0.5) is 0 Å². The van der Waals surface area contributed by atoms with E-state index in [4.69, 9.17) is 11.0 Å². The first-order valence-electron chi connectivity index (χ1n) is 24.2. The molecule has 2 unspecified atom stereocenters. The molecule has 3 aliphatic carbocycles. The predicted octanol–water partition coefficient (Wildman–Crippen LogP) is 10.8. The van der Waals surface area contributed by atoms with Gasteiger partial charge in [0.25, 0.3) is 0 Å². The molecule has 1 aromatic heterocycles. The van der Waals surface area contributed by atoms with Crippen LogP contribution >= 0.6 is 0 Å². The van der Waals surface area contributed by atoms with E-state index in [1.165, 1.54) is 22.3 Å². The quantitative estimate of drug-likeness (QED) is 0.117. The van der Waals surface area contributed by atoms with Gasteiger partial charge in [-0.2, -0.15) is 0 Å². The van der Waals surface area contributed by atoms with Crippen LogP contribution in [-0.2, 0) is 0 Å². The second-order valence-electron chi connectivity index (χ2n) is 15.2. The highest BCUT2D eigenvalue weighted by Gasteiger charge is 2.50. The summed E-state index contributed by atoms with van der Waals surface area (Å²) < 4.78 is 81.8. The molecule has 58 heavy (non-hydrogen) atoms. The van der Waals surface area contributed by atoms with Crippen LogP contribution in [0.2, 0.25) is 0 Å². The Morgan fingerprint density at radius 1 is 0.397 bits per heavy atom. The van der Waals surface area contributed by atoms with Crippen molar-refractivity contribution >= 4 is 50.6 Å². The smallest absolute Gasteiger partial charge is 0.179 e. The summed E-state index contributed by atoms with van der Waals surface area (Å²) in [5.41, 5.74) is 9.78. The van der Waals surface area contributed by atoms with Crippen molar-refractivity contribution in [3.8, 4) is 16.8 Å². The van der Waals surface area contributed by atoms with E-state index in [-0.39, 0.29) is 65.7 Å². The third-order valence-corrected chi connectivity index (χ3v) is 17.3. The van der Waals surface area contributed by atoms with Crippen LogP contribution in [0.25, 0.3) is 38.6 Å². The fraction of sp³-hybridized carbons (Fsp3) is 0.0357. The van der Waals surface area contributed by atoms with Crippen LogP contribution < -0.4 is 20.7 Å². The zero-order chi connectivity index (χ0) is 46.0. The number of rotatable bonds is 6. The van der Waals surface area contributed by atoms with Gasteiger partial charge in [-0.15, -0.1) is 0 Å². The largest absolute Gasteiger partial charge is 0.309 e. The summed E-state index contributed by atoms with van der Waals surface area (Å²) >= 11 is 0. The molecule has 10 aromatic rings. The van der Waals surface area contributed by atoms with Crippen LogP contribution in [0, 0.1) is 0 Å². The Bertz CT molecular complexity index is 3650. The first kappa shape index (κ1) is 25.3. The maximum absolute atomic E-state index is 9.41. The standard InChI is InChI=1S/C56H39NSi/c1-4-19-38(20-5-1)39-21-16-26-42(37-39)58(40-22-6-2-7-23-40,41-24-8-3-9-25-41)52-36-18-32-48-53-45-29-10-11-30-46(45)56(55(48)52)54-47(53)31-17-35-51(54)57-49-33-14-12-27-43(49)44-28-13-15-34-50(44)57/h1-37,53,56H/i1D,4D,5D,12D,14D,19D,20D,27D,33D. The van der Waals surface area contributed by atoms with Gasteiger partial charge in [-0.3, -0.25) is 0 Å². The topological polar surface area (TPSA) is 4.93 Å². The van der Waals surface area contributed by atoms with Crippen molar-refractivity contribution in [3.63, 3.8) is 0 Å². The highest BCUT2D eigenvalue weighted by molar-refractivity contribution is 7.20. The molecule has 272 valence electrons. The van der Waals surface area contributed by atoms with Gasteiger partial charge in [0.2, 0.25) is 0 Å². The highest BCUT2D eigenvalue weighted by Crippen LogP contribution is 2.57. The van der Waals surface area contributed by atoms with Gasteiger partial charge in [0.05, 0.1) is 29.1 Å². The first-order valence-corrected chi connectivity index (χ1v) is 21.7. The number of benzene rings is 9. The van der Waals surface area contributed by atoms with Crippen molar-refractivity contribution in [2.24, 2.45) is 0 Å². The minimum atomic E-state index is -3.46. The van der Waals surface area contributed by atoms with Crippen molar-refractivity contribution in [1.29, 1.82) is 0 Å². The Kier molecular flexibility index (Phi) is 5.68. The zero-order valence-electron chi connectivity index (χ0n) is 40.3. The molecule has 0 saturated heterocycles. The van der Waals surface area contributed by atoms with Gasteiger partial charge in [-0.25, -0.2) is 0 Å². The molecular formula is C56H39NSi. The molecule has 0 radical (unpaired) electrons. The molecular weight excluding hydrogens is 715 g/mol. The molecule has 13 rings (SSSR count). The molecule has 0 spiro atoms. The Hall–Kier alpha value is -7.00. The van der Waals surface area contributed by atoms with Crippen LogP contribution in [0.5, 0.6) is 0 Å². The number of para-hydroxylation sites is 2. The van der Waals surface area contributed by atoms with E-state index in [9.17, 15) is 1.37 Å². The second-order valence-corrected chi connectivity index (χ2v) is 19.0. The SMILES string of the molecule is [2H]c1c([2H])c([2H])c(-c2cccc([Si](c3ccccc3)(c3ccccc3)c3cccc4c3C3c5ccccc5C4c4cccc(-n5c6ccccc6c6c([2H])c([2H])c([2H])c([2H])c65)c43)c2)c([2H])c1[2H]. The first-order chi connectivity index (χ1) is 32.5. The van der Waals surface area contributed by atoms with Crippen molar-refractivity contribution in [1.82, 2.24) is 4.57 Å². The van der Waals surface area contributed by atoms with Crippen molar-refractivity contribution in [2.75, 3.05) is 0 Å². The summed E-state index contributed by atoms with van der Waals surface area (Å²) in [4.78, 5) is 0. The molecule has 0 saturated carbocycles. The summed E-state index contributed by atoms with van der Waals surface area (Å²) in [6.07, 6.45) is 0. The Morgan fingerprint density at radius 2 is 0.983 bits per heavy atom.